The van der Waals surface area contributed by atoms with Crippen LogP contribution >= 0.6 is 0 Å². The van der Waals surface area contributed by atoms with E-state index < -0.39 is 0 Å². The second kappa shape index (κ2) is 7.16. The van der Waals surface area contributed by atoms with E-state index >= 15 is 0 Å². The van der Waals surface area contributed by atoms with Crippen LogP contribution in [0.4, 0.5) is 0 Å². The van der Waals surface area contributed by atoms with E-state index in [0.29, 0.717) is 38.8 Å². The van der Waals surface area contributed by atoms with Crippen LogP contribution in [0.5, 0.6) is 0 Å². The molecule has 0 unspecified atom stereocenters. The lowest BCUT2D eigenvalue weighted by Crippen LogP contribution is -2.45. The summed E-state index contributed by atoms with van der Waals surface area (Å²) in [5.41, 5.74) is 1.38. The van der Waals surface area contributed by atoms with Gasteiger partial charge in [0.25, 0.3) is 0 Å². The fourth-order valence-corrected chi connectivity index (χ4v) is 3.59. The predicted molar refractivity (Wildman–Crippen MR) is 90.2 cm³/mol. The highest BCUT2D eigenvalue weighted by molar-refractivity contribution is 6.01. The third-order valence-corrected chi connectivity index (χ3v) is 5.26. The van der Waals surface area contributed by atoms with Gasteiger partial charge in [0.05, 0.1) is 0 Å². The first kappa shape index (κ1) is 16.7. The van der Waals surface area contributed by atoms with Crippen molar-refractivity contribution in [3.63, 3.8) is 0 Å². The number of nitrogens with zero attached hydrogens (tertiary/aromatic N) is 1. The van der Waals surface area contributed by atoms with Gasteiger partial charge in [-0.2, -0.15) is 0 Å². The standard InChI is InChI=1S/C19H24N2O3/c22-16(8-4-13-21-17(23)9-10-18(21)24)20-14-19(11-5-12-19)15-6-2-1-3-7-15/h1-3,6-7H,4-5,8-14H2,(H,20,22). The number of amides is 3. The molecule has 1 heterocycles. The lowest BCUT2D eigenvalue weighted by atomic mass is 9.64. The summed E-state index contributed by atoms with van der Waals surface area (Å²) in [7, 11) is 0. The summed E-state index contributed by atoms with van der Waals surface area (Å²) in [4.78, 5) is 36.4. The number of hydrogen-bond acceptors (Lipinski definition) is 3. The van der Waals surface area contributed by atoms with Gasteiger partial charge in [0.1, 0.15) is 0 Å². The minimum atomic E-state index is -0.113. The zero-order chi connectivity index (χ0) is 17.0. The van der Waals surface area contributed by atoms with Gasteiger partial charge in [0, 0.05) is 37.8 Å². The fraction of sp³-hybridized carbons (Fsp3) is 0.526. The molecule has 3 rings (SSSR count). The van der Waals surface area contributed by atoms with Crippen molar-refractivity contribution >= 4 is 17.7 Å². The van der Waals surface area contributed by atoms with Crippen LogP contribution in [0, 0.1) is 0 Å². The molecule has 3 amide bonds. The maximum absolute atomic E-state index is 12.1. The molecule has 24 heavy (non-hydrogen) atoms. The number of likely N-dealkylation sites (tertiary alicyclic amines) is 1. The zero-order valence-corrected chi connectivity index (χ0v) is 13.9. The van der Waals surface area contributed by atoms with Gasteiger partial charge in [0.2, 0.25) is 17.7 Å². The van der Waals surface area contributed by atoms with Crippen LogP contribution in [0.2, 0.25) is 0 Å². The number of carbonyl (C=O) groups excluding carboxylic acids is 3. The van der Waals surface area contributed by atoms with Crippen LogP contribution in [-0.4, -0.2) is 35.7 Å². The molecule has 0 bridgehead atoms. The first-order chi connectivity index (χ1) is 11.6. The number of hydrogen-bond donors (Lipinski definition) is 1. The Kier molecular flexibility index (Phi) is 4.97. The van der Waals surface area contributed by atoms with E-state index in [9.17, 15) is 14.4 Å². The van der Waals surface area contributed by atoms with E-state index in [-0.39, 0.29) is 23.1 Å². The molecule has 1 saturated carbocycles. The third-order valence-electron chi connectivity index (χ3n) is 5.26. The molecule has 1 aromatic carbocycles. The highest BCUT2D eigenvalue weighted by atomic mass is 16.2. The Bertz CT molecular complexity index is 607. The summed E-state index contributed by atoms with van der Waals surface area (Å²) in [5.74, 6) is -0.230. The molecule has 1 aromatic rings. The molecule has 128 valence electrons. The van der Waals surface area contributed by atoms with Gasteiger partial charge >= 0.3 is 0 Å². The SMILES string of the molecule is O=C(CCCN1C(=O)CCC1=O)NCC1(c2ccccc2)CCC1. The van der Waals surface area contributed by atoms with Gasteiger partial charge in [-0.25, -0.2) is 0 Å². The van der Waals surface area contributed by atoms with Gasteiger partial charge in [0.15, 0.2) is 0 Å². The molecule has 2 aliphatic rings. The maximum atomic E-state index is 12.1. The van der Waals surface area contributed by atoms with Crippen molar-refractivity contribution in [1.82, 2.24) is 10.2 Å². The van der Waals surface area contributed by atoms with Crippen LogP contribution < -0.4 is 5.32 Å². The van der Waals surface area contributed by atoms with E-state index in [1.54, 1.807) is 0 Å². The van der Waals surface area contributed by atoms with Crippen molar-refractivity contribution in [3.05, 3.63) is 35.9 Å². The van der Waals surface area contributed by atoms with Crippen LogP contribution in [-0.2, 0) is 19.8 Å². The lowest BCUT2D eigenvalue weighted by Gasteiger charge is -2.42. The lowest BCUT2D eigenvalue weighted by molar-refractivity contribution is -0.138. The maximum Gasteiger partial charge on any atom is 0.229 e. The first-order valence-electron chi connectivity index (χ1n) is 8.76. The minimum absolute atomic E-state index is 0.00342. The predicted octanol–water partition coefficient (Wildman–Crippen LogP) is 2.15. The molecule has 0 spiro atoms. The van der Waals surface area contributed by atoms with Crippen LogP contribution in [0.1, 0.15) is 50.5 Å². The van der Waals surface area contributed by atoms with Crippen molar-refractivity contribution < 1.29 is 14.4 Å². The Morgan fingerprint density at radius 1 is 1.08 bits per heavy atom. The summed E-state index contributed by atoms with van der Waals surface area (Å²) in [6.45, 7) is 1.02. The second-order valence-electron chi connectivity index (χ2n) is 6.82. The van der Waals surface area contributed by atoms with E-state index in [4.69, 9.17) is 0 Å². The van der Waals surface area contributed by atoms with Crippen LogP contribution in [0.25, 0.3) is 0 Å². The summed E-state index contributed by atoms with van der Waals surface area (Å²) >= 11 is 0. The number of carbonyl (C=O) groups is 3. The molecule has 0 atom stereocenters. The largest absolute Gasteiger partial charge is 0.355 e. The molecule has 1 aliphatic carbocycles. The number of nitrogens with one attached hydrogen (secondary N) is 1. The molecular formula is C19H24N2O3. The topological polar surface area (TPSA) is 66.5 Å². The first-order valence-corrected chi connectivity index (χ1v) is 8.76. The normalized spacial score (nSPS) is 19.2. The van der Waals surface area contributed by atoms with Crippen LogP contribution in [0.15, 0.2) is 30.3 Å². The Morgan fingerprint density at radius 3 is 2.33 bits per heavy atom. The molecule has 2 fully saturated rings. The van der Waals surface area contributed by atoms with Gasteiger partial charge in [-0.05, 0) is 24.8 Å². The molecule has 5 nitrogen and oxygen atoms in total. The molecule has 0 aromatic heterocycles. The molecule has 0 radical (unpaired) electrons. The van der Waals surface area contributed by atoms with Crippen molar-refractivity contribution in [1.29, 1.82) is 0 Å². The number of benzene rings is 1. The van der Waals surface area contributed by atoms with Gasteiger partial charge in [-0.1, -0.05) is 36.8 Å². The molecular weight excluding hydrogens is 304 g/mol. The van der Waals surface area contributed by atoms with Gasteiger partial charge in [-0.3, -0.25) is 19.3 Å². The fourth-order valence-electron chi connectivity index (χ4n) is 3.59. The average Bonchev–Trinajstić information content (AvgIpc) is 2.87. The highest BCUT2D eigenvalue weighted by Crippen LogP contribution is 2.43. The summed E-state index contributed by atoms with van der Waals surface area (Å²) in [5, 5.41) is 3.04. The minimum Gasteiger partial charge on any atom is -0.355 e. The molecule has 1 N–H and O–H groups in total. The van der Waals surface area contributed by atoms with Crippen molar-refractivity contribution in [2.45, 2.75) is 50.4 Å². The zero-order valence-electron chi connectivity index (χ0n) is 13.9. The smallest absolute Gasteiger partial charge is 0.229 e. The van der Waals surface area contributed by atoms with E-state index in [1.807, 2.05) is 18.2 Å². The highest BCUT2D eigenvalue weighted by Gasteiger charge is 2.38. The molecule has 5 heteroatoms. The van der Waals surface area contributed by atoms with Crippen molar-refractivity contribution in [2.24, 2.45) is 0 Å². The van der Waals surface area contributed by atoms with E-state index in [2.05, 4.69) is 17.4 Å². The van der Waals surface area contributed by atoms with Crippen molar-refractivity contribution in [3.8, 4) is 0 Å². The second-order valence-corrected chi connectivity index (χ2v) is 6.82. The van der Waals surface area contributed by atoms with Crippen LogP contribution in [0.3, 0.4) is 0 Å². The number of imide groups is 1. The molecule has 1 aliphatic heterocycles. The van der Waals surface area contributed by atoms with Gasteiger partial charge in [-0.15, -0.1) is 0 Å². The van der Waals surface area contributed by atoms with E-state index in [0.717, 1.165) is 12.8 Å². The monoisotopic (exact) mass is 328 g/mol. The number of rotatable bonds is 7. The van der Waals surface area contributed by atoms with E-state index in [1.165, 1.54) is 16.9 Å². The Morgan fingerprint density at radius 2 is 1.75 bits per heavy atom. The van der Waals surface area contributed by atoms with Crippen molar-refractivity contribution in [2.75, 3.05) is 13.1 Å². The summed E-state index contributed by atoms with van der Waals surface area (Å²) in [6, 6.07) is 10.4. The average molecular weight is 328 g/mol. The third kappa shape index (κ3) is 3.50. The summed E-state index contributed by atoms with van der Waals surface area (Å²) < 4.78 is 0. The molecule has 1 saturated heterocycles. The Balaban J connectivity index is 1.44. The Labute approximate surface area is 142 Å². The Hall–Kier alpha value is -2.17. The quantitative estimate of drug-likeness (QED) is 0.780. The van der Waals surface area contributed by atoms with Gasteiger partial charge < -0.3 is 5.32 Å². The summed E-state index contributed by atoms with van der Waals surface area (Å²) in [6.07, 6.45) is 4.91.